The highest BCUT2D eigenvalue weighted by Gasteiger charge is 2.36. The molecule has 1 fully saturated rings. The molecule has 224 valence electrons. The third-order valence-corrected chi connectivity index (χ3v) is 7.69. The summed E-state index contributed by atoms with van der Waals surface area (Å²) < 4.78 is 41.5. The maximum absolute atomic E-state index is 13.2. The maximum Gasteiger partial charge on any atom is 0.573 e. The van der Waals surface area contributed by atoms with Crippen molar-refractivity contribution in [2.24, 2.45) is 38.7 Å². The fourth-order valence-corrected chi connectivity index (χ4v) is 5.12. The number of carbonyl (C=O) groups is 2. The van der Waals surface area contributed by atoms with Crippen LogP contribution in [0.1, 0.15) is 70.2 Å². The van der Waals surface area contributed by atoms with E-state index in [1.54, 1.807) is 13.0 Å². The molecule has 0 saturated heterocycles. The van der Waals surface area contributed by atoms with E-state index in [1.807, 2.05) is 17.2 Å². The van der Waals surface area contributed by atoms with Crippen molar-refractivity contribution in [1.82, 2.24) is 10.4 Å². The first-order chi connectivity index (χ1) is 19.1. The van der Waals surface area contributed by atoms with E-state index in [9.17, 15) is 22.8 Å². The zero-order chi connectivity index (χ0) is 30.4. The summed E-state index contributed by atoms with van der Waals surface area (Å²) in [6.07, 6.45) is 4.90. The standard InChI is InChI=1S/C28H38F3N7O3/c1-26(2,3)20-7-9-21(10-8-20)38(36-23(39)19-5-11-22(12-6-19)41-28(29,30)31)17-18-13-15-27(4,16-14-18)24(40)34-25(32)35-37-33/h5-6,11-15,20-21H,7-10,16-17H2,1-4H3,(H,36,39)(H4,32,33,34,35,40)/p+1. The number of halogens is 3. The Morgan fingerprint density at radius 1 is 1.15 bits per heavy atom. The Hall–Kier alpha value is -3.74. The molecule has 0 heterocycles. The Bertz CT molecular complexity index is 1210. The summed E-state index contributed by atoms with van der Waals surface area (Å²) in [5.74, 6) is 4.12. The summed E-state index contributed by atoms with van der Waals surface area (Å²) in [7, 11) is 0. The van der Waals surface area contributed by atoms with Gasteiger partial charge in [-0.1, -0.05) is 39.0 Å². The van der Waals surface area contributed by atoms with Crippen LogP contribution >= 0.6 is 0 Å². The van der Waals surface area contributed by atoms with Gasteiger partial charge in [-0.3, -0.25) is 26.6 Å². The van der Waals surface area contributed by atoms with Crippen LogP contribution in [0.5, 0.6) is 5.75 Å². The lowest BCUT2D eigenvalue weighted by Gasteiger charge is -2.41. The lowest BCUT2D eigenvalue weighted by Crippen LogP contribution is -2.82. The van der Waals surface area contributed by atoms with E-state index in [2.05, 4.69) is 46.3 Å². The van der Waals surface area contributed by atoms with Gasteiger partial charge in [-0.15, -0.1) is 13.2 Å². The van der Waals surface area contributed by atoms with Crippen LogP contribution in [0.3, 0.4) is 0 Å². The van der Waals surface area contributed by atoms with Gasteiger partial charge in [0.1, 0.15) is 5.75 Å². The van der Waals surface area contributed by atoms with Gasteiger partial charge in [0.2, 0.25) is 0 Å². The van der Waals surface area contributed by atoms with E-state index in [4.69, 9.17) is 11.6 Å². The van der Waals surface area contributed by atoms with Gasteiger partial charge in [-0.25, -0.2) is 10.0 Å². The highest BCUT2D eigenvalue weighted by atomic mass is 19.4. The Morgan fingerprint density at radius 3 is 2.29 bits per heavy atom. The van der Waals surface area contributed by atoms with E-state index in [1.165, 1.54) is 12.1 Å². The molecule has 10 nitrogen and oxygen atoms in total. The lowest BCUT2D eigenvalue weighted by atomic mass is 9.71. The van der Waals surface area contributed by atoms with Gasteiger partial charge >= 0.3 is 12.3 Å². The number of hydrazine groups is 1. The minimum absolute atomic E-state index is 0.0623. The summed E-state index contributed by atoms with van der Waals surface area (Å²) in [5.41, 5.74) is 8.99. The predicted molar refractivity (Wildman–Crippen MR) is 147 cm³/mol. The van der Waals surface area contributed by atoms with Gasteiger partial charge < -0.3 is 4.74 Å². The van der Waals surface area contributed by atoms with E-state index in [0.29, 0.717) is 18.9 Å². The van der Waals surface area contributed by atoms with Gasteiger partial charge in [0.05, 0.1) is 10.5 Å². The van der Waals surface area contributed by atoms with Crippen LogP contribution in [0, 0.1) is 16.7 Å². The molecule has 1 atom stereocenters. The van der Waals surface area contributed by atoms with Crippen molar-refractivity contribution in [3.05, 3.63) is 53.6 Å². The molecular weight excluding hydrogens is 539 g/mol. The van der Waals surface area contributed by atoms with E-state index in [-0.39, 0.29) is 28.9 Å². The normalized spacial score (nSPS) is 23.9. The number of nitrogens with two attached hydrogens (primary N) is 2. The first kappa shape index (κ1) is 31.8. The number of alkyl halides is 3. The topological polar surface area (TPSA) is 149 Å². The van der Waals surface area contributed by atoms with Crippen LogP contribution in [0.4, 0.5) is 13.2 Å². The summed E-state index contributed by atoms with van der Waals surface area (Å²) in [4.78, 5) is 28.4. The molecule has 2 amide bonds. The molecule has 1 aromatic carbocycles. The molecule has 2 aliphatic carbocycles. The third-order valence-electron chi connectivity index (χ3n) is 7.69. The fourth-order valence-electron chi connectivity index (χ4n) is 5.12. The van der Waals surface area contributed by atoms with Crippen molar-refractivity contribution in [2.75, 3.05) is 6.54 Å². The fraction of sp³-hybridized carbons (Fsp3) is 0.536. The van der Waals surface area contributed by atoms with Crippen LogP contribution in [0.15, 0.2) is 58.4 Å². The second-order valence-electron chi connectivity index (χ2n) is 11.8. The van der Waals surface area contributed by atoms with Gasteiger partial charge in [0.15, 0.2) is 0 Å². The maximum atomic E-state index is 13.2. The quantitative estimate of drug-likeness (QED) is 0.128. The van der Waals surface area contributed by atoms with Crippen molar-refractivity contribution < 1.29 is 32.5 Å². The van der Waals surface area contributed by atoms with E-state index < -0.39 is 23.4 Å². The highest BCUT2D eigenvalue weighted by molar-refractivity contribution is 5.94. The molecule has 0 aliphatic heterocycles. The Balaban J connectivity index is 1.75. The summed E-state index contributed by atoms with van der Waals surface area (Å²) >= 11 is 0. The summed E-state index contributed by atoms with van der Waals surface area (Å²) in [6, 6.07) is 4.87. The number of nitrogens with zero attached hydrogens (tertiary/aromatic N) is 3. The zero-order valence-corrected chi connectivity index (χ0v) is 23.8. The molecule has 2 aliphatic rings. The number of hydrogen-bond acceptors (Lipinski definition) is 5. The summed E-state index contributed by atoms with van der Waals surface area (Å²) in [5, 5.41) is 8.36. The predicted octanol–water partition coefficient (Wildman–Crippen LogP) is 3.28. The number of amides is 2. The molecule has 0 spiro atoms. The Kier molecular flexibility index (Phi) is 9.95. The van der Waals surface area contributed by atoms with Crippen LogP contribution in [-0.2, 0) is 4.79 Å². The molecule has 41 heavy (non-hydrogen) atoms. The zero-order valence-electron chi connectivity index (χ0n) is 23.8. The molecule has 1 saturated carbocycles. The minimum atomic E-state index is -4.81. The lowest BCUT2D eigenvalue weighted by molar-refractivity contribution is -0.388. The SMILES string of the molecule is CC1(C(=O)[NH+]=C(N)/N=N\N)C=CC(CN(NC(=O)c2ccc(OC(F)(F)F)cc2)C2CCC(C(C)(C)C)CC2)=CC1. The number of rotatable bonds is 7. The number of ether oxygens (including phenoxy) is 1. The van der Waals surface area contributed by atoms with Crippen molar-refractivity contribution in [3.63, 3.8) is 0 Å². The average molecular weight is 579 g/mol. The molecule has 1 unspecified atom stereocenters. The number of allylic oxidation sites excluding steroid dienone is 1. The van der Waals surface area contributed by atoms with Gasteiger partial charge in [0.25, 0.3) is 11.8 Å². The summed E-state index contributed by atoms with van der Waals surface area (Å²) in [6.45, 7) is 8.85. The number of guanidine groups is 1. The molecule has 6 N–H and O–H groups in total. The third kappa shape index (κ3) is 9.13. The van der Waals surface area contributed by atoms with Gasteiger partial charge in [0, 0.05) is 23.4 Å². The molecule has 0 bridgehead atoms. The average Bonchev–Trinajstić information content (AvgIpc) is 2.88. The largest absolute Gasteiger partial charge is 0.573 e. The number of benzene rings is 1. The van der Waals surface area contributed by atoms with Crippen molar-refractivity contribution >= 4 is 17.8 Å². The van der Waals surface area contributed by atoms with E-state index >= 15 is 0 Å². The molecule has 3 rings (SSSR count). The molecule has 0 radical (unpaired) electrons. The van der Waals surface area contributed by atoms with Crippen LogP contribution in [0.2, 0.25) is 0 Å². The smallest absolute Gasteiger partial charge is 0.406 e. The van der Waals surface area contributed by atoms with Crippen LogP contribution < -0.4 is 26.7 Å². The molecule has 1 aromatic rings. The second-order valence-corrected chi connectivity index (χ2v) is 11.8. The van der Waals surface area contributed by atoms with Crippen LogP contribution in [-0.4, -0.2) is 41.7 Å². The first-order valence-electron chi connectivity index (χ1n) is 13.5. The molecular formula is C28H39F3N7O3+. The highest BCUT2D eigenvalue weighted by Crippen LogP contribution is 2.39. The van der Waals surface area contributed by atoms with Crippen molar-refractivity contribution in [1.29, 1.82) is 0 Å². The van der Waals surface area contributed by atoms with Gasteiger partial charge in [-0.2, -0.15) is 0 Å². The monoisotopic (exact) mass is 578 g/mol. The Labute approximate surface area is 237 Å². The second kappa shape index (κ2) is 12.8. The van der Waals surface area contributed by atoms with Gasteiger partial charge in [-0.05, 0) is 80.2 Å². The minimum Gasteiger partial charge on any atom is -0.406 e. The Morgan fingerprint density at radius 2 is 1.78 bits per heavy atom. The number of hydrogen-bond donors (Lipinski definition) is 4. The molecule has 13 heteroatoms. The number of nitrogens with one attached hydrogen (secondary N) is 2. The van der Waals surface area contributed by atoms with E-state index in [0.717, 1.165) is 43.4 Å². The van der Waals surface area contributed by atoms with Crippen LogP contribution in [0.25, 0.3) is 0 Å². The number of carbonyl (C=O) groups excluding carboxylic acids is 2. The van der Waals surface area contributed by atoms with Crippen molar-refractivity contribution in [2.45, 2.75) is 72.2 Å². The molecule has 0 aromatic heterocycles. The van der Waals surface area contributed by atoms with Crippen molar-refractivity contribution in [3.8, 4) is 5.75 Å². The first-order valence-corrected chi connectivity index (χ1v) is 13.5.